The van der Waals surface area contributed by atoms with Gasteiger partial charge in [0.05, 0.1) is 36.1 Å². The minimum atomic E-state index is -0.547. The van der Waals surface area contributed by atoms with Crippen molar-refractivity contribution >= 4 is 11.8 Å². The third-order valence-corrected chi connectivity index (χ3v) is 3.79. The lowest BCUT2D eigenvalue weighted by molar-refractivity contribution is -0.807. The summed E-state index contributed by atoms with van der Waals surface area (Å²) in [6.45, 7) is 2.25. The van der Waals surface area contributed by atoms with Gasteiger partial charge in [-0.15, -0.1) is 16.8 Å². The van der Waals surface area contributed by atoms with Gasteiger partial charge in [-0.05, 0) is 12.7 Å². The second-order valence-corrected chi connectivity index (χ2v) is 5.34. The quantitative estimate of drug-likeness (QED) is 0.420. The number of hydrogen-bond acceptors (Lipinski definition) is 7. The molecule has 0 spiro atoms. The number of aliphatic hydroxyl groups excluding tert-OH is 1. The Morgan fingerprint density at radius 2 is 2.40 bits per heavy atom. The summed E-state index contributed by atoms with van der Waals surface area (Å²) in [5.74, 6) is 0. The van der Waals surface area contributed by atoms with E-state index in [1.807, 2.05) is 17.3 Å². The van der Waals surface area contributed by atoms with Gasteiger partial charge in [0.2, 0.25) is 0 Å². The van der Waals surface area contributed by atoms with Crippen LogP contribution in [0.25, 0.3) is 0 Å². The number of nitrogens with zero attached hydrogens (tertiary/aromatic N) is 4. The van der Waals surface area contributed by atoms with E-state index in [1.165, 1.54) is 0 Å². The zero-order valence-corrected chi connectivity index (χ0v) is 12.6. The van der Waals surface area contributed by atoms with Gasteiger partial charge in [-0.3, -0.25) is 0 Å². The van der Waals surface area contributed by atoms with Crippen LogP contribution in [0.3, 0.4) is 0 Å². The molecule has 0 amide bonds. The molecule has 2 rings (SSSR count). The van der Waals surface area contributed by atoms with E-state index in [-0.39, 0.29) is 6.10 Å². The molecule has 1 aliphatic heterocycles. The molecule has 1 aromatic rings. The number of aromatic nitrogens is 3. The normalized spacial score (nSPS) is 23.1. The van der Waals surface area contributed by atoms with Crippen molar-refractivity contribution < 1.29 is 19.5 Å². The molecule has 0 saturated carbocycles. The molecule has 0 aromatic carbocycles. The third kappa shape index (κ3) is 4.02. The molecule has 0 unspecified atom stereocenters. The van der Waals surface area contributed by atoms with Crippen molar-refractivity contribution in [3.8, 4) is 0 Å². The van der Waals surface area contributed by atoms with Crippen molar-refractivity contribution in [2.75, 3.05) is 44.7 Å². The molecule has 1 aliphatic rings. The molecule has 0 aliphatic carbocycles. The molecule has 1 aromatic heterocycles. The molecule has 112 valence electrons. The molecule has 20 heavy (non-hydrogen) atoms. The second-order valence-electron chi connectivity index (χ2n) is 4.51. The van der Waals surface area contributed by atoms with Crippen LogP contribution in [0.15, 0.2) is 17.3 Å². The predicted octanol–water partition coefficient (Wildman–Crippen LogP) is -0.780. The van der Waals surface area contributed by atoms with Crippen molar-refractivity contribution in [2.45, 2.75) is 23.7 Å². The van der Waals surface area contributed by atoms with Crippen LogP contribution in [-0.4, -0.2) is 67.2 Å². The van der Waals surface area contributed by atoms with Crippen molar-refractivity contribution in [1.29, 1.82) is 0 Å². The number of aliphatic hydroxyl groups is 1. The van der Waals surface area contributed by atoms with E-state index in [1.54, 1.807) is 30.0 Å². The van der Waals surface area contributed by atoms with Crippen LogP contribution in [0.1, 0.15) is 6.42 Å². The zero-order valence-electron chi connectivity index (χ0n) is 11.8. The van der Waals surface area contributed by atoms with E-state index in [0.717, 1.165) is 18.0 Å². The molecule has 1 N–H and O–H groups in total. The summed E-state index contributed by atoms with van der Waals surface area (Å²) in [6.07, 6.45) is 3.73. The summed E-state index contributed by atoms with van der Waals surface area (Å²) in [5, 5.41) is 21.5. The maximum absolute atomic E-state index is 10.1. The molecule has 8 heteroatoms. The van der Waals surface area contributed by atoms with Crippen molar-refractivity contribution in [3.63, 3.8) is 0 Å². The number of methoxy groups -OCH3 is 1. The molecule has 2 heterocycles. The van der Waals surface area contributed by atoms with E-state index >= 15 is 0 Å². The van der Waals surface area contributed by atoms with Gasteiger partial charge in [0.15, 0.2) is 9.93 Å². The van der Waals surface area contributed by atoms with Crippen LogP contribution in [0.4, 0.5) is 0 Å². The summed E-state index contributed by atoms with van der Waals surface area (Å²) >= 11 is 1.56. The summed E-state index contributed by atoms with van der Waals surface area (Å²) in [7, 11) is 1.63. The van der Waals surface area contributed by atoms with Gasteiger partial charge in [0.1, 0.15) is 18.8 Å². The van der Waals surface area contributed by atoms with Crippen LogP contribution >= 0.6 is 11.8 Å². The Kier molecular flexibility index (Phi) is 5.96. The Hall–Kier alpha value is -0.960. The Labute approximate surface area is 122 Å². The third-order valence-electron chi connectivity index (χ3n) is 3.16. The monoisotopic (exact) mass is 301 g/mol. The van der Waals surface area contributed by atoms with E-state index in [2.05, 4.69) is 10.2 Å². The van der Waals surface area contributed by atoms with Gasteiger partial charge < -0.3 is 14.6 Å². The smallest absolute Gasteiger partial charge is 0.171 e. The van der Waals surface area contributed by atoms with Crippen LogP contribution in [0.5, 0.6) is 0 Å². The Balaban J connectivity index is 1.91. The van der Waals surface area contributed by atoms with Crippen molar-refractivity contribution in [2.24, 2.45) is 0 Å². The standard InChI is InChI=1S/C12H21N4O3S/c1-18-7-8-19-11-4-6-15(9-10(11)17)16-13-5-3-12(14-16)20-2/h3,5,10-11,17H,4,6-9H2,1-2H3/q+1/t10-,11+/m1/s1. The van der Waals surface area contributed by atoms with E-state index in [4.69, 9.17) is 9.47 Å². The lowest BCUT2D eigenvalue weighted by Gasteiger charge is -2.30. The highest BCUT2D eigenvalue weighted by molar-refractivity contribution is 7.98. The lowest BCUT2D eigenvalue weighted by Crippen LogP contribution is -2.68. The minimum absolute atomic E-state index is 0.147. The maximum Gasteiger partial charge on any atom is 0.171 e. The highest BCUT2D eigenvalue weighted by atomic mass is 32.2. The van der Waals surface area contributed by atoms with Crippen molar-refractivity contribution in [3.05, 3.63) is 12.3 Å². The first-order chi connectivity index (χ1) is 9.74. The molecule has 0 bridgehead atoms. The molecule has 0 radical (unpaired) electrons. The van der Waals surface area contributed by atoms with E-state index in [9.17, 15) is 5.11 Å². The highest BCUT2D eigenvalue weighted by Crippen LogP contribution is 2.12. The molecule has 1 fully saturated rings. The van der Waals surface area contributed by atoms with Crippen LogP contribution < -0.4 is 9.91 Å². The average molecular weight is 301 g/mol. The summed E-state index contributed by atoms with van der Waals surface area (Å²) in [4.78, 5) is 1.56. The number of β-amino-alcohol motifs (C(OH)–C–C–N with tert-alkyl or cyclic N) is 1. The van der Waals surface area contributed by atoms with Gasteiger partial charge >= 0.3 is 0 Å². The second kappa shape index (κ2) is 7.72. The number of piperidine rings is 1. The Morgan fingerprint density at radius 3 is 3.10 bits per heavy atom. The molecular weight excluding hydrogens is 280 g/mol. The van der Waals surface area contributed by atoms with Gasteiger partial charge in [0.25, 0.3) is 0 Å². The summed E-state index contributed by atoms with van der Waals surface area (Å²) < 4.78 is 10.5. The fourth-order valence-electron chi connectivity index (χ4n) is 2.08. The molecule has 1 saturated heterocycles. The largest absolute Gasteiger partial charge is 0.388 e. The fraction of sp³-hybridized carbons (Fsp3) is 0.750. The Morgan fingerprint density at radius 1 is 1.55 bits per heavy atom. The SMILES string of the molecule is COCCO[C@H]1CCN([n+]2nccc(SC)n2)C[C@H]1O. The van der Waals surface area contributed by atoms with Crippen LogP contribution in [0.2, 0.25) is 0 Å². The number of ether oxygens (including phenoxy) is 2. The van der Waals surface area contributed by atoms with Crippen molar-refractivity contribution in [1.82, 2.24) is 10.2 Å². The molecule has 2 atom stereocenters. The van der Waals surface area contributed by atoms with Crippen LogP contribution in [0, 0.1) is 0 Å². The van der Waals surface area contributed by atoms with Gasteiger partial charge in [0, 0.05) is 13.2 Å². The molecular formula is C12H21N4O3S+. The first kappa shape index (κ1) is 15.4. The number of hydrogen-bond donors (Lipinski definition) is 1. The van der Waals surface area contributed by atoms with Gasteiger partial charge in [-0.1, -0.05) is 0 Å². The highest BCUT2D eigenvalue weighted by Gasteiger charge is 2.33. The summed E-state index contributed by atoms with van der Waals surface area (Å²) in [5.41, 5.74) is 0. The topological polar surface area (TPSA) is 71.6 Å². The average Bonchev–Trinajstić information content (AvgIpc) is 2.49. The van der Waals surface area contributed by atoms with E-state index < -0.39 is 6.10 Å². The Bertz CT molecular complexity index is 423. The number of rotatable bonds is 6. The first-order valence-corrected chi connectivity index (χ1v) is 7.80. The first-order valence-electron chi connectivity index (χ1n) is 6.58. The van der Waals surface area contributed by atoms with E-state index in [0.29, 0.717) is 19.8 Å². The molecule has 7 nitrogen and oxygen atoms in total. The fourth-order valence-corrected chi connectivity index (χ4v) is 2.43. The lowest BCUT2D eigenvalue weighted by atomic mass is 10.1. The maximum atomic E-state index is 10.1. The van der Waals surface area contributed by atoms with Gasteiger partial charge in [-0.25, -0.2) is 0 Å². The predicted molar refractivity (Wildman–Crippen MR) is 74.2 cm³/mol. The summed E-state index contributed by atoms with van der Waals surface area (Å²) in [6, 6.07) is 1.86. The zero-order chi connectivity index (χ0) is 14.4. The van der Waals surface area contributed by atoms with Gasteiger partial charge in [-0.2, -0.15) is 0 Å². The minimum Gasteiger partial charge on any atom is -0.388 e. The number of thioether (sulfide) groups is 1. The van der Waals surface area contributed by atoms with Crippen LogP contribution in [-0.2, 0) is 9.47 Å².